The van der Waals surface area contributed by atoms with Gasteiger partial charge in [-0.2, -0.15) is 0 Å². The van der Waals surface area contributed by atoms with Gasteiger partial charge in [-0.1, -0.05) is 48.5 Å². The van der Waals surface area contributed by atoms with E-state index in [-0.39, 0.29) is 0 Å². The molecule has 0 amide bonds. The Labute approximate surface area is 152 Å². The lowest BCUT2D eigenvalue weighted by Gasteiger charge is -2.25. The minimum Gasteiger partial charge on any atom is -0.311 e. The van der Waals surface area contributed by atoms with E-state index in [4.69, 9.17) is 0 Å². The summed E-state index contributed by atoms with van der Waals surface area (Å²) >= 11 is 1.80. The topological polar surface area (TPSA) is 3.24 Å². The maximum Gasteiger partial charge on any atom is 0.0462 e. The van der Waals surface area contributed by atoms with E-state index in [2.05, 4.69) is 108 Å². The van der Waals surface area contributed by atoms with Crippen LogP contribution in [0.5, 0.6) is 0 Å². The second-order valence-electron chi connectivity index (χ2n) is 5.99. The van der Waals surface area contributed by atoms with Gasteiger partial charge in [0.05, 0.1) is 0 Å². The normalized spacial score (nSPS) is 10.6. The highest BCUT2D eigenvalue weighted by molar-refractivity contribution is 7.13. The molecule has 2 heteroatoms. The number of anilines is 3. The van der Waals surface area contributed by atoms with Crippen LogP contribution in [-0.2, 0) is 0 Å². The van der Waals surface area contributed by atoms with Gasteiger partial charge in [0.2, 0.25) is 0 Å². The highest BCUT2D eigenvalue weighted by atomic mass is 32.1. The van der Waals surface area contributed by atoms with Crippen LogP contribution in [0.25, 0.3) is 10.4 Å². The van der Waals surface area contributed by atoms with Gasteiger partial charge in [-0.25, -0.2) is 0 Å². The van der Waals surface area contributed by atoms with Crippen molar-refractivity contribution in [2.75, 3.05) is 4.90 Å². The zero-order chi connectivity index (χ0) is 17.1. The molecule has 0 N–H and O–H groups in total. The quantitative estimate of drug-likeness (QED) is 0.379. The molecule has 0 saturated carbocycles. The highest BCUT2D eigenvalue weighted by Gasteiger charge is 2.12. The number of hydrogen-bond acceptors (Lipinski definition) is 2. The van der Waals surface area contributed by atoms with E-state index in [0.29, 0.717) is 0 Å². The van der Waals surface area contributed by atoms with Crippen LogP contribution in [0.4, 0.5) is 17.1 Å². The molecule has 0 atom stereocenters. The number of nitrogens with zero attached hydrogens (tertiary/aromatic N) is 1. The third kappa shape index (κ3) is 3.21. The first-order chi connectivity index (χ1) is 12.3. The number of rotatable bonds is 4. The Kier molecular flexibility index (Phi) is 4.36. The second kappa shape index (κ2) is 6.96. The molecule has 0 bridgehead atoms. The minimum absolute atomic E-state index is 1.16. The summed E-state index contributed by atoms with van der Waals surface area (Å²) in [6.45, 7) is 2.17. The molecule has 1 nitrogen and oxygen atoms in total. The summed E-state index contributed by atoms with van der Waals surface area (Å²) in [6, 6.07) is 32.0. The number of aryl methyl sites for hydroxylation is 1. The van der Waals surface area contributed by atoms with Crippen LogP contribution < -0.4 is 4.90 Å². The average molecular weight is 341 g/mol. The van der Waals surface area contributed by atoms with Crippen LogP contribution in [0.15, 0.2) is 96.4 Å². The molecule has 3 aromatic carbocycles. The molecule has 0 fully saturated rings. The van der Waals surface area contributed by atoms with Crippen LogP contribution in [0.1, 0.15) is 5.56 Å². The Bertz CT molecular complexity index is 901. The fourth-order valence-corrected chi connectivity index (χ4v) is 3.97. The van der Waals surface area contributed by atoms with Crippen LogP contribution in [0.2, 0.25) is 0 Å². The van der Waals surface area contributed by atoms with Crippen molar-refractivity contribution in [1.29, 1.82) is 0 Å². The Hall–Kier alpha value is -2.84. The van der Waals surface area contributed by atoms with Crippen LogP contribution >= 0.6 is 11.3 Å². The van der Waals surface area contributed by atoms with Crippen molar-refractivity contribution in [1.82, 2.24) is 0 Å². The van der Waals surface area contributed by atoms with Gasteiger partial charge in [0.25, 0.3) is 0 Å². The van der Waals surface area contributed by atoms with Gasteiger partial charge in [0, 0.05) is 21.9 Å². The molecule has 122 valence electrons. The molecule has 1 aromatic heterocycles. The predicted molar refractivity (Wildman–Crippen MR) is 109 cm³/mol. The van der Waals surface area contributed by atoms with Crippen LogP contribution in [0, 0.1) is 6.92 Å². The molecule has 4 aromatic rings. The Balaban J connectivity index is 1.77. The molecule has 4 rings (SSSR count). The molecular weight excluding hydrogens is 322 g/mol. The maximum absolute atomic E-state index is 2.28. The van der Waals surface area contributed by atoms with Crippen molar-refractivity contribution < 1.29 is 0 Å². The Morgan fingerprint density at radius 2 is 1.12 bits per heavy atom. The number of hydrogen-bond donors (Lipinski definition) is 0. The Morgan fingerprint density at radius 3 is 1.60 bits per heavy atom. The van der Waals surface area contributed by atoms with Crippen molar-refractivity contribution in [2.45, 2.75) is 6.92 Å². The summed E-state index contributed by atoms with van der Waals surface area (Å²) < 4.78 is 0. The van der Waals surface area contributed by atoms with Gasteiger partial charge in [-0.3, -0.25) is 0 Å². The first-order valence-electron chi connectivity index (χ1n) is 8.38. The smallest absolute Gasteiger partial charge is 0.0462 e. The van der Waals surface area contributed by atoms with Gasteiger partial charge in [-0.15, -0.1) is 11.3 Å². The molecule has 0 unspecified atom stereocenters. The second-order valence-corrected chi connectivity index (χ2v) is 6.90. The molecule has 0 spiro atoms. The third-order valence-electron chi connectivity index (χ3n) is 4.28. The predicted octanol–water partition coefficient (Wildman–Crippen LogP) is 7.19. The van der Waals surface area contributed by atoms with Crippen molar-refractivity contribution in [3.8, 4) is 10.4 Å². The van der Waals surface area contributed by atoms with E-state index in [1.807, 2.05) is 0 Å². The standard InChI is InChI=1S/C23H19NS/c1-18-16-17-25-23(18)19-12-14-22(15-13-19)24(20-8-4-2-5-9-20)21-10-6-3-7-11-21/h2-17H,1H3. The Morgan fingerprint density at radius 1 is 0.600 bits per heavy atom. The SMILES string of the molecule is Cc1ccsc1-c1ccc(N(c2ccccc2)c2ccccc2)cc1. The van der Waals surface area contributed by atoms with Crippen molar-refractivity contribution in [3.63, 3.8) is 0 Å². The van der Waals surface area contributed by atoms with Gasteiger partial charge >= 0.3 is 0 Å². The first kappa shape index (κ1) is 15.7. The lowest BCUT2D eigenvalue weighted by molar-refractivity contribution is 1.28. The van der Waals surface area contributed by atoms with E-state index in [1.54, 1.807) is 11.3 Å². The van der Waals surface area contributed by atoms with Crippen LogP contribution in [-0.4, -0.2) is 0 Å². The molecule has 0 aliphatic heterocycles. The molecular formula is C23H19NS. The third-order valence-corrected chi connectivity index (χ3v) is 5.34. The molecule has 0 aliphatic rings. The molecule has 0 aliphatic carbocycles. The minimum atomic E-state index is 1.16. The van der Waals surface area contributed by atoms with E-state index >= 15 is 0 Å². The monoisotopic (exact) mass is 341 g/mol. The zero-order valence-corrected chi connectivity index (χ0v) is 14.9. The van der Waals surface area contributed by atoms with E-state index < -0.39 is 0 Å². The summed E-state index contributed by atoms with van der Waals surface area (Å²) in [4.78, 5) is 3.63. The number of benzene rings is 3. The van der Waals surface area contributed by atoms with E-state index in [9.17, 15) is 0 Å². The number of para-hydroxylation sites is 2. The lowest BCUT2D eigenvalue weighted by Crippen LogP contribution is -2.09. The summed E-state index contributed by atoms with van der Waals surface area (Å²) in [5.41, 5.74) is 6.09. The maximum atomic E-state index is 2.28. The van der Waals surface area contributed by atoms with Crippen molar-refractivity contribution in [2.24, 2.45) is 0 Å². The lowest BCUT2D eigenvalue weighted by atomic mass is 10.1. The summed E-state index contributed by atoms with van der Waals surface area (Å²) in [5.74, 6) is 0. The van der Waals surface area contributed by atoms with Gasteiger partial charge < -0.3 is 4.90 Å². The first-order valence-corrected chi connectivity index (χ1v) is 9.26. The van der Waals surface area contributed by atoms with Gasteiger partial charge in [-0.05, 0) is 65.9 Å². The van der Waals surface area contributed by atoms with Gasteiger partial charge in [0.15, 0.2) is 0 Å². The summed E-state index contributed by atoms with van der Waals surface area (Å²) in [7, 11) is 0. The van der Waals surface area contributed by atoms with Crippen molar-refractivity contribution >= 4 is 28.4 Å². The summed E-state index contributed by atoms with van der Waals surface area (Å²) in [6.07, 6.45) is 0. The molecule has 25 heavy (non-hydrogen) atoms. The zero-order valence-electron chi connectivity index (χ0n) is 14.1. The van der Waals surface area contributed by atoms with Crippen molar-refractivity contribution in [3.05, 3.63) is 102 Å². The molecule has 0 saturated heterocycles. The van der Waals surface area contributed by atoms with Gasteiger partial charge in [0.1, 0.15) is 0 Å². The fourth-order valence-electron chi connectivity index (χ4n) is 3.03. The fraction of sp³-hybridized carbons (Fsp3) is 0.0435. The van der Waals surface area contributed by atoms with E-state index in [1.165, 1.54) is 16.0 Å². The average Bonchev–Trinajstić information content (AvgIpc) is 3.10. The summed E-state index contributed by atoms with van der Waals surface area (Å²) in [5, 5.41) is 2.15. The van der Waals surface area contributed by atoms with Crippen LogP contribution in [0.3, 0.4) is 0 Å². The van der Waals surface area contributed by atoms with E-state index in [0.717, 1.165) is 17.1 Å². The molecule has 1 heterocycles. The highest BCUT2D eigenvalue weighted by Crippen LogP contribution is 2.36. The number of thiophene rings is 1. The molecule has 0 radical (unpaired) electrons. The largest absolute Gasteiger partial charge is 0.311 e.